The van der Waals surface area contributed by atoms with Crippen molar-refractivity contribution in [2.45, 2.75) is 39.5 Å². The lowest BCUT2D eigenvalue weighted by Gasteiger charge is -2.24. The summed E-state index contributed by atoms with van der Waals surface area (Å²) in [4.78, 5) is 13.8. The molecule has 0 spiro atoms. The lowest BCUT2D eigenvalue weighted by molar-refractivity contribution is -0.132. The zero-order valence-corrected chi connectivity index (χ0v) is 11.9. The monoisotopic (exact) mass is 264 g/mol. The van der Waals surface area contributed by atoms with Gasteiger partial charge in [0.2, 0.25) is 5.91 Å². The fourth-order valence-corrected chi connectivity index (χ4v) is 2.04. The summed E-state index contributed by atoms with van der Waals surface area (Å²) in [6.07, 6.45) is 1.93. The smallest absolute Gasteiger partial charge is 0.222 e. The number of nitriles is 2. The number of carbonyl (C=O) groups is 1. The summed E-state index contributed by atoms with van der Waals surface area (Å²) in [5.41, 5.74) is 5.69. The first-order valence-corrected chi connectivity index (χ1v) is 6.76. The molecule has 0 aromatic heterocycles. The van der Waals surface area contributed by atoms with E-state index in [-0.39, 0.29) is 11.8 Å². The summed E-state index contributed by atoms with van der Waals surface area (Å²) >= 11 is 0. The molecular weight excluding hydrogens is 240 g/mol. The highest BCUT2D eigenvalue weighted by atomic mass is 16.2. The molecule has 5 heteroatoms. The van der Waals surface area contributed by atoms with Gasteiger partial charge in [-0.15, -0.1) is 0 Å². The van der Waals surface area contributed by atoms with Crippen LogP contribution in [0.2, 0.25) is 0 Å². The van der Waals surface area contributed by atoms with Crippen molar-refractivity contribution in [3.05, 3.63) is 0 Å². The Hall–Kier alpha value is -1.59. The van der Waals surface area contributed by atoms with E-state index in [1.54, 1.807) is 4.90 Å². The molecule has 0 bridgehead atoms. The van der Waals surface area contributed by atoms with Gasteiger partial charge in [0.15, 0.2) is 0 Å². The normalized spacial score (nSPS) is 11.7. The Morgan fingerprint density at radius 1 is 1.21 bits per heavy atom. The highest BCUT2D eigenvalue weighted by Crippen LogP contribution is 2.15. The predicted octanol–water partition coefficient (Wildman–Crippen LogP) is 1.65. The van der Waals surface area contributed by atoms with Crippen molar-refractivity contribution in [3.63, 3.8) is 0 Å². The molecule has 1 atom stereocenters. The molecule has 0 radical (unpaired) electrons. The third-order valence-corrected chi connectivity index (χ3v) is 2.94. The van der Waals surface area contributed by atoms with Gasteiger partial charge in [0.25, 0.3) is 0 Å². The zero-order valence-electron chi connectivity index (χ0n) is 11.9. The largest absolute Gasteiger partial charge is 0.341 e. The molecule has 0 aliphatic rings. The molecule has 0 fully saturated rings. The molecule has 0 aliphatic heterocycles. The van der Waals surface area contributed by atoms with Crippen molar-refractivity contribution in [2.75, 3.05) is 19.6 Å². The second-order valence-electron chi connectivity index (χ2n) is 5.13. The maximum atomic E-state index is 12.2. The highest BCUT2D eigenvalue weighted by Gasteiger charge is 2.18. The van der Waals surface area contributed by atoms with Crippen LogP contribution in [-0.2, 0) is 4.79 Å². The summed E-state index contributed by atoms with van der Waals surface area (Å²) in [5.74, 6) is 0.689. The number of carbonyl (C=O) groups excluding carboxylic acids is 1. The van der Waals surface area contributed by atoms with Crippen LogP contribution < -0.4 is 5.73 Å². The van der Waals surface area contributed by atoms with E-state index in [1.807, 2.05) is 12.1 Å². The van der Waals surface area contributed by atoms with Gasteiger partial charge in [-0.2, -0.15) is 10.5 Å². The summed E-state index contributed by atoms with van der Waals surface area (Å²) in [5, 5.41) is 17.2. The molecule has 0 saturated heterocycles. The quantitative estimate of drug-likeness (QED) is 0.685. The van der Waals surface area contributed by atoms with E-state index in [1.165, 1.54) is 0 Å². The van der Waals surface area contributed by atoms with Gasteiger partial charge >= 0.3 is 0 Å². The Morgan fingerprint density at radius 2 is 1.74 bits per heavy atom. The second-order valence-corrected chi connectivity index (χ2v) is 5.13. The van der Waals surface area contributed by atoms with Gasteiger partial charge in [0, 0.05) is 19.5 Å². The first kappa shape index (κ1) is 17.4. The van der Waals surface area contributed by atoms with Gasteiger partial charge in [-0.1, -0.05) is 13.8 Å². The van der Waals surface area contributed by atoms with E-state index in [9.17, 15) is 4.79 Å². The fraction of sp³-hybridized carbons (Fsp3) is 0.786. The van der Waals surface area contributed by atoms with E-state index in [0.717, 1.165) is 6.42 Å². The topological polar surface area (TPSA) is 93.9 Å². The van der Waals surface area contributed by atoms with Crippen LogP contribution in [0, 0.1) is 34.5 Å². The molecule has 2 N–H and O–H groups in total. The maximum Gasteiger partial charge on any atom is 0.222 e. The Bertz CT molecular complexity index is 322. The van der Waals surface area contributed by atoms with Crippen LogP contribution in [0.15, 0.2) is 0 Å². The Balaban J connectivity index is 4.43. The van der Waals surface area contributed by atoms with E-state index in [0.29, 0.717) is 44.8 Å². The van der Waals surface area contributed by atoms with Crippen LogP contribution in [-0.4, -0.2) is 30.4 Å². The standard InChI is InChI=1S/C14H24N4O/c1-12(2)9-13(11-17)10-14(19)18(7-3-5-15)8-4-6-16/h12-13H,3-4,7-11,17H2,1-2H3. The fourth-order valence-electron chi connectivity index (χ4n) is 2.04. The van der Waals surface area contributed by atoms with Gasteiger partial charge < -0.3 is 10.6 Å². The van der Waals surface area contributed by atoms with Crippen molar-refractivity contribution in [3.8, 4) is 12.1 Å². The third kappa shape index (κ3) is 8.18. The average Bonchev–Trinajstić information content (AvgIpc) is 2.37. The molecule has 106 valence electrons. The van der Waals surface area contributed by atoms with Crippen LogP contribution in [0.4, 0.5) is 0 Å². The summed E-state index contributed by atoms with van der Waals surface area (Å²) < 4.78 is 0. The van der Waals surface area contributed by atoms with Crippen molar-refractivity contribution in [2.24, 2.45) is 17.6 Å². The molecule has 0 heterocycles. The van der Waals surface area contributed by atoms with Gasteiger partial charge in [0.05, 0.1) is 25.0 Å². The van der Waals surface area contributed by atoms with Crippen molar-refractivity contribution >= 4 is 5.91 Å². The molecule has 19 heavy (non-hydrogen) atoms. The minimum absolute atomic E-state index is 0.00148. The van der Waals surface area contributed by atoms with Crippen LogP contribution in [0.1, 0.15) is 39.5 Å². The number of amides is 1. The van der Waals surface area contributed by atoms with Crippen LogP contribution in [0.3, 0.4) is 0 Å². The van der Waals surface area contributed by atoms with Crippen LogP contribution in [0.25, 0.3) is 0 Å². The molecule has 0 saturated carbocycles. The number of hydrogen-bond donors (Lipinski definition) is 1. The van der Waals surface area contributed by atoms with Gasteiger partial charge in [-0.05, 0) is 24.8 Å². The van der Waals surface area contributed by atoms with E-state index in [2.05, 4.69) is 13.8 Å². The minimum Gasteiger partial charge on any atom is -0.341 e. The first-order valence-electron chi connectivity index (χ1n) is 6.76. The number of rotatable bonds is 9. The highest BCUT2D eigenvalue weighted by molar-refractivity contribution is 5.76. The van der Waals surface area contributed by atoms with Crippen LogP contribution in [0.5, 0.6) is 0 Å². The summed E-state index contributed by atoms with van der Waals surface area (Å²) in [6, 6.07) is 4.06. The Kier molecular flexibility index (Phi) is 9.48. The molecule has 5 nitrogen and oxygen atoms in total. The maximum absolute atomic E-state index is 12.2. The van der Waals surface area contributed by atoms with Gasteiger partial charge in [0.1, 0.15) is 0 Å². The Labute approximate surface area is 116 Å². The molecule has 1 unspecified atom stereocenters. The van der Waals surface area contributed by atoms with Crippen molar-refractivity contribution in [1.29, 1.82) is 10.5 Å². The molecule has 1 amide bonds. The molecular formula is C14H24N4O. The number of hydrogen-bond acceptors (Lipinski definition) is 4. The number of nitrogens with two attached hydrogens (primary N) is 1. The van der Waals surface area contributed by atoms with Crippen molar-refractivity contribution < 1.29 is 4.79 Å². The first-order chi connectivity index (χ1) is 9.04. The lowest BCUT2D eigenvalue weighted by atomic mass is 9.93. The Morgan fingerprint density at radius 3 is 2.11 bits per heavy atom. The summed E-state index contributed by atoms with van der Waals surface area (Å²) in [7, 11) is 0. The van der Waals surface area contributed by atoms with Crippen LogP contribution >= 0.6 is 0 Å². The third-order valence-electron chi connectivity index (χ3n) is 2.94. The van der Waals surface area contributed by atoms with Crippen molar-refractivity contribution in [1.82, 2.24) is 4.90 Å². The lowest BCUT2D eigenvalue weighted by Crippen LogP contribution is -2.35. The summed E-state index contributed by atoms with van der Waals surface area (Å²) in [6.45, 7) is 5.51. The minimum atomic E-state index is 0.00148. The zero-order chi connectivity index (χ0) is 14.7. The van der Waals surface area contributed by atoms with Gasteiger partial charge in [-0.25, -0.2) is 0 Å². The molecule has 0 aliphatic carbocycles. The second kappa shape index (κ2) is 10.3. The average molecular weight is 264 g/mol. The SMILES string of the molecule is CC(C)CC(CN)CC(=O)N(CCC#N)CCC#N. The molecule has 0 aromatic rings. The van der Waals surface area contributed by atoms with Gasteiger partial charge in [-0.3, -0.25) is 4.79 Å². The number of nitrogens with zero attached hydrogens (tertiary/aromatic N) is 3. The van der Waals surface area contributed by atoms with E-state index >= 15 is 0 Å². The van der Waals surface area contributed by atoms with E-state index in [4.69, 9.17) is 16.3 Å². The predicted molar refractivity (Wildman–Crippen MR) is 73.7 cm³/mol. The van der Waals surface area contributed by atoms with E-state index < -0.39 is 0 Å². The molecule has 0 aromatic carbocycles. The molecule has 0 rings (SSSR count).